The average Bonchev–Trinajstić information content (AvgIpc) is 3.45. The standard InChI is InChI=1S/C19H22FNO4S/c1-13-10-17(24-2)18(25-3)11-19(13)26(22,23)21(16-8-9-16)12-14-4-6-15(20)7-5-14/h4-7,10-11,16H,8-9,12H2,1-3H3. The minimum atomic E-state index is -3.73. The predicted octanol–water partition coefficient (Wildman–Crippen LogP) is 3.50. The molecule has 0 aliphatic heterocycles. The van der Waals surface area contributed by atoms with Gasteiger partial charge in [0.05, 0.1) is 19.1 Å². The summed E-state index contributed by atoms with van der Waals surface area (Å²) < 4.78 is 51.8. The van der Waals surface area contributed by atoms with Gasteiger partial charge in [0.1, 0.15) is 5.82 Å². The maximum absolute atomic E-state index is 13.3. The zero-order chi connectivity index (χ0) is 18.9. The number of aryl methyl sites for hydroxylation is 1. The van der Waals surface area contributed by atoms with Gasteiger partial charge in [-0.3, -0.25) is 0 Å². The quantitative estimate of drug-likeness (QED) is 0.739. The Hall–Kier alpha value is -2.12. The van der Waals surface area contributed by atoms with E-state index in [0.717, 1.165) is 18.4 Å². The van der Waals surface area contributed by atoms with E-state index in [4.69, 9.17) is 9.47 Å². The topological polar surface area (TPSA) is 55.8 Å². The largest absolute Gasteiger partial charge is 0.493 e. The summed E-state index contributed by atoms with van der Waals surface area (Å²) in [4.78, 5) is 0.198. The first-order valence-electron chi connectivity index (χ1n) is 8.35. The Morgan fingerprint density at radius 3 is 2.19 bits per heavy atom. The smallest absolute Gasteiger partial charge is 0.244 e. The highest BCUT2D eigenvalue weighted by atomic mass is 32.2. The van der Waals surface area contributed by atoms with E-state index in [2.05, 4.69) is 0 Å². The average molecular weight is 379 g/mol. The van der Waals surface area contributed by atoms with Gasteiger partial charge in [-0.25, -0.2) is 12.8 Å². The monoisotopic (exact) mass is 379 g/mol. The molecular weight excluding hydrogens is 357 g/mol. The van der Waals surface area contributed by atoms with Crippen LogP contribution in [0.3, 0.4) is 0 Å². The van der Waals surface area contributed by atoms with Crippen molar-refractivity contribution < 1.29 is 22.3 Å². The van der Waals surface area contributed by atoms with Gasteiger partial charge in [0.15, 0.2) is 11.5 Å². The van der Waals surface area contributed by atoms with Crippen LogP contribution in [0.4, 0.5) is 4.39 Å². The summed E-state index contributed by atoms with van der Waals surface area (Å²) in [7, 11) is -0.747. The predicted molar refractivity (Wildman–Crippen MR) is 96.4 cm³/mol. The number of nitrogens with zero attached hydrogens (tertiary/aromatic N) is 1. The Morgan fingerprint density at radius 2 is 1.65 bits per heavy atom. The van der Waals surface area contributed by atoms with E-state index in [1.54, 1.807) is 25.1 Å². The number of halogens is 1. The Balaban J connectivity index is 1.99. The molecule has 0 amide bonds. The van der Waals surface area contributed by atoms with Crippen molar-refractivity contribution in [3.05, 3.63) is 53.3 Å². The molecule has 3 rings (SSSR count). The molecule has 0 spiro atoms. The van der Waals surface area contributed by atoms with Crippen LogP contribution in [-0.4, -0.2) is 33.0 Å². The van der Waals surface area contributed by atoms with E-state index < -0.39 is 10.0 Å². The van der Waals surface area contributed by atoms with Gasteiger partial charge >= 0.3 is 0 Å². The van der Waals surface area contributed by atoms with Gasteiger partial charge in [0.2, 0.25) is 10.0 Å². The molecule has 7 heteroatoms. The first kappa shape index (κ1) is 18.7. The summed E-state index contributed by atoms with van der Waals surface area (Å²) >= 11 is 0. The molecule has 26 heavy (non-hydrogen) atoms. The second-order valence-corrected chi connectivity index (χ2v) is 8.24. The van der Waals surface area contributed by atoms with E-state index in [1.165, 1.54) is 36.7 Å². The molecule has 0 bridgehead atoms. The molecule has 0 unspecified atom stereocenters. The molecule has 0 aromatic heterocycles. The first-order chi connectivity index (χ1) is 12.4. The zero-order valence-corrected chi connectivity index (χ0v) is 15.8. The van der Waals surface area contributed by atoms with Crippen LogP contribution in [-0.2, 0) is 16.6 Å². The number of rotatable bonds is 7. The van der Waals surface area contributed by atoms with Crippen molar-refractivity contribution in [1.29, 1.82) is 0 Å². The second-order valence-electron chi connectivity index (χ2n) is 6.38. The second kappa shape index (κ2) is 7.25. The SMILES string of the molecule is COc1cc(C)c(S(=O)(=O)N(Cc2ccc(F)cc2)C2CC2)cc1OC. The Bertz CT molecular complexity index is 893. The fourth-order valence-corrected chi connectivity index (χ4v) is 4.81. The summed E-state index contributed by atoms with van der Waals surface area (Å²) in [6.45, 7) is 1.94. The van der Waals surface area contributed by atoms with E-state index in [-0.39, 0.29) is 23.3 Å². The van der Waals surface area contributed by atoms with Crippen LogP contribution in [0.2, 0.25) is 0 Å². The molecule has 0 saturated heterocycles. The summed E-state index contributed by atoms with van der Waals surface area (Å²) in [6, 6.07) is 9.04. The highest BCUT2D eigenvalue weighted by Crippen LogP contribution is 2.38. The first-order valence-corrected chi connectivity index (χ1v) is 9.79. The fraction of sp³-hybridized carbons (Fsp3) is 0.368. The lowest BCUT2D eigenvalue weighted by molar-refractivity contribution is 0.352. The summed E-state index contributed by atoms with van der Waals surface area (Å²) in [5.74, 6) is 0.514. The van der Waals surface area contributed by atoms with Gasteiger partial charge in [0.25, 0.3) is 0 Å². The number of methoxy groups -OCH3 is 2. The van der Waals surface area contributed by atoms with Crippen molar-refractivity contribution in [1.82, 2.24) is 4.31 Å². The molecule has 2 aromatic carbocycles. The third kappa shape index (κ3) is 3.68. The third-order valence-corrected chi connectivity index (χ3v) is 6.51. The lowest BCUT2D eigenvalue weighted by Gasteiger charge is -2.24. The highest BCUT2D eigenvalue weighted by Gasteiger charge is 2.39. The van der Waals surface area contributed by atoms with Crippen molar-refractivity contribution in [3.63, 3.8) is 0 Å². The normalized spacial score (nSPS) is 14.5. The molecule has 1 fully saturated rings. The molecule has 2 aromatic rings. The molecule has 1 saturated carbocycles. The minimum absolute atomic E-state index is 0.0300. The maximum Gasteiger partial charge on any atom is 0.244 e. The Morgan fingerprint density at radius 1 is 1.08 bits per heavy atom. The van der Waals surface area contributed by atoms with Crippen molar-refractivity contribution in [2.75, 3.05) is 14.2 Å². The minimum Gasteiger partial charge on any atom is -0.493 e. The van der Waals surface area contributed by atoms with Crippen molar-refractivity contribution in [2.24, 2.45) is 0 Å². The Kier molecular flexibility index (Phi) is 5.20. The van der Waals surface area contributed by atoms with Crippen LogP contribution in [0.1, 0.15) is 24.0 Å². The lowest BCUT2D eigenvalue weighted by atomic mass is 10.2. The molecule has 1 aliphatic carbocycles. The van der Waals surface area contributed by atoms with Crippen LogP contribution in [0.25, 0.3) is 0 Å². The molecule has 0 N–H and O–H groups in total. The molecule has 0 heterocycles. The van der Waals surface area contributed by atoms with Crippen molar-refractivity contribution in [2.45, 2.75) is 37.2 Å². The molecule has 1 aliphatic rings. The number of hydrogen-bond acceptors (Lipinski definition) is 4. The number of sulfonamides is 1. The number of benzene rings is 2. The van der Waals surface area contributed by atoms with Gasteiger partial charge in [-0.1, -0.05) is 12.1 Å². The van der Waals surface area contributed by atoms with Crippen LogP contribution in [0, 0.1) is 12.7 Å². The molecule has 0 radical (unpaired) electrons. The van der Waals surface area contributed by atoms with Gasteiger partial charge < -0.3 is 9.47 Å². The third-order valence-electron chi connectivity index (χ3n) is 4.47. The van der Waals surface area contributed by atoms with E-state index in [0.29, 0.717) is 17.1 Å². The van der Waals surface area contributed by atoms with Crippen LogP contribution >= 0.6 is 0 Å². The fourth-order valence-electron chi connectivity index (χ4n) is 2.91. The lowest BCUT2D eigenvalue weighted by Crippen LogP contribution is -2.33. The van der Waals surface area contributed by atoms with Crippen LogP contribution in [0.15, 0.2) is 41.3 Å². The van der Waals surface area contributed by atoms with Gasteiger partial charge in [0, 0.05) is 18.7 Å². The van der Waals surface area contributed by atoms with Gasteiger partial charge in [-0.05, 0) is 49.1 Å². The number of ether oxygens (including phenoxy) is 2. The number of hydrogen-bond donors (Lipinski definition) is 0. The summed E-state index contributed by atoms with van der Waals surface area (Å²) in [5, 5.41) is 0. The van der Waals surface area contributed by atoms with Crippen LogP contribution < -0.4 is 9.47 Å². The van der Waals surface area contributed by atoms with E-state index in [1.807, 2.05) is 0 Å². The Labute approximate surface area is 153 Å². The molecule has 0 atom stereocenters. The van der Waals surface area contributed by atoms with Crippen molar-refractivity contribution in [3.8, 4) is 11.5 Å². The van der Waals surface area contributed by atoms with Gasteiger partial charge in [-0.15, -0.1) is 0 Å². The molecule has 140 valence electrons. The summed E-state index contributed by atoms with van der Waals surface area (Å²) in [6.07, 6.45) is 1.65. The molecular formula is C19H22FNO4S. The van der Waals surface area contributed by atoms with Crippen molar-refractivity contribution >= 4 is 10.0 Å². The summed E-state index contributed by atoms with van der Waals surface area (Å²) in [5.41, 5.74) is 1.34. The highest BCUT2D eigenvalue weighted by molar-refractivity contribution is 7.89. The van der Waals surface area contributed by atoms with Gasteiger partial charge in [-0.2, -0.15) is 4.31 Å². The van der Waals surface area contributed by atoms with Crippen LogP contribution in [0.5, 0.6) is 11.5 Å². The van der Waals surface area contributed by atoms with E-state index in [9.17, 15) is 12.8 Å². The zero-order valence-electron chi connectivity index (χ0n) is 15.0. The maximum atomic E-state index is 13.3. The van der Waals surface area contributed by atoms with E-state index >= 15 is 0 Å². The molecule has 5 nitrogen and oxygen atoms in total.